The molecular formula is C12H10N2O6. The zero-order valence-electron chi connectivity index (χ0n) is 10.4. The topological polar surface area (TPSA) is 116 Å². The minimum Gasteiger partial charge on any atom is -0.465 e. The molecule has 1 aromatic carbocycles. The number of esters is 1. The van der Waals surface area contributed by atoms with Gasteiger partial charge in [0.1, 0.15) is 5.69 Å². The maximum atomic E-state index is 12.1. The molecule has 1 heterocycles. The van der Waals surface area contributed by atoms with Gasteiger partial charge in [0, 0.05) is 11.6 Å². The van der Waals surface area contributed by atoms with E-state index in [9.17, 15) is 24.5 Å². The van der Waals surface area contributed by atoms with Gasteiger partial charge in [0.2, 0.25) is 5.91 Å². The normalized spacial score (nSPS) is 17.1. The smallest absolute Gasteiger partial charge is 0.326 e. The minimum absolute atomic E-state index is 0.0255. The highest BCUT2D eigenvalue weighted by Gasteiger charge is 2.43. The predicted octanol–water partition coefficient (Wildman–Crippen LogP) is 0.909. The molecule has 8 nitrogen and oxygen atoms in total. The predicted molar refractivity (Wildman–Crippen MR) is 66.2 cm³/mol. The Balaban J connectivity index is 2.49. The van der Waals surface area contributed by atoms with Crippen LogP contribution in [0.5, 0.6) is 0 Å². The molecule has 0 saturated heterocycles. The molecule has 104 valence electrons. The van der Waals surface area contributed by atoms with Gasteiger partial charge >= 0.3 is 5.97 Å². The molecule has 1 atom stereocenters. The summed E-state index contributed by atoms with van der Waals surface area (Å²) in [6.07, 6.45) is 0. The van der Waals surface area contributed by atoms with E-state index < -0.39 is 34.2 Å². The Morgan fingerprint density at radius 2 is 2.15 bits per heavy atom. The fraction of sp³-hybridized carbons (Fsp3) is 0.250. The number of fused-ring (bicyclic) bond motifs is 1. The monoisotopic (exact) mass is 278 g/mol. The molecule has 0 saturated carbocycles. The van der Waals surface area contributed by atoms with Crippen molar-refractivity contribution in [2.45, 2.75) is 6.92 Å². The van der Waals surface area contributed by atoms with Crippen LogP contribution in [0.1, 0.15) is 17.3 Å². The standard InChI is InChI=1S/C12H10N2O6/c1-2-20-12(17)8-10(15)6-4-3-5-7(14(18)19)9(6)13-11(8)16/h3-5,8H,2H2,1H3,(H,13,16). The zero-order valence-corrected chi connectivity index (χ0v) is 10.4. The lowest BCUT2D eigenvalue weighted by Gasteiger charge is -2.21. The molecule has 1 N–H and O–H groups in total. The van der Waals surface area contributed by atoms with Gasteiger partial charge in [0.15, 0.2) is 11.7 Å². The SMILES string of the molecule is CCOC(=O)C1C(=O)Nc2c(cccc2[N+](=O)[O-])C1=O. The largest absolute Gasteiger partial charge is 0.465 e. The lowest BCUT2D eigenvalue weighted by atomic mass is 9.91. The molecule has 20 heavy (non-hydrogen) atoms. The van der Waals surface area contributed by atoms with Crippen LogP contribution < -0.4 is 5.32 Å². The van der Waals surface area contributed by atoms with Crippen LogP contribution in [0, 0.1) is 16.0 Å². The summed E-state index contributed by atoms with van der Waals surface area (Å²) in [5.41, 5.74) is -0.656. The van der Waals surface area contributed by atoms with E-state index in [1.54, 1.807) is 6.92 Å². The van der Waals surface area contributed by atoms with Crippen molar-refractivity contribution in [1.82, 2.24) is 0 Å². The van der Waals surface area contributed by atoms with Gasteiger partial charge in [-0.2, -0.15) is 0 Å². The molecule has 2 rings (SSSR count). The summed E-state index contributed by atoms with van der Waals surface area (Å²) < 4.78 is 4.66. The molecule has 0 fully saturated rings. The molecule has 0 radical (unpaired) electrons. The molecule has 0 aliphatic carbocycles. The summed E-state index contributed by atoms with van der Waals surface area (Å²) in [4.78, 5) is 45.7. The van der Waals surface area contributed by atoms with Gasteiger partial charge in [-0.05, 0) is 13.0 Å². The van der Waals surface area contributed by atoms with Gasteiger partial charge in [-0.1, -0.05) is 6.07 Å². The molecule has 1 aromatic rings. The van der Waals surface area contributed by atoms with E-state index in [1.165, 1.54) is 12.1 Å². The highest BCUT2D eigenvalue weighted by Crippen LogP contribution is 2.34. The number of nitro groups is 1. The summed E-state index contributed by atoms with van der Waals surface area (Å²) in [6, 6.07) is 3.79. The van der Waals surface area contributed by atoms with Crippen LogP contribution in [0.25, 0.3) is 0 Å². The number of Topliss-reactive ketones (excluding diaryl/α,β-unsaturated/α-hetero) is 1. The number of nitrogens with one attached hydrogen (secondary N) is 1. The number of ether oxygens (including phenoxy) is 1. The Morgan fingerprint density at radius 1 is 1.45 bits per heavy atom. The third-order valence-electron chi connectivity index (χ3n) is 2.80. The van der Waals surface area contributed by atoms with Crippen LogP contribution >= 0.6 is 0 Å². The number of benzene rings is 1. The van der Waals surface area contributed by atoms with Crippen molar-refractivity contribution in [2.75, 3.05) is 11.9 Å². The quantitative estimate of drug-likeness (QED) is 0.380. The Hall–Kier alpha value is -2.77. The van der Waals surface area contributed by atoms with E-state index in [2.05, 4.69) is 10.1 Å². The molecule has 0 bridgehead atoms. The van der Waals surface area contributed by atoms with Crippen LogP contribution in [0.4, 0.5) is 11.4 Å². The maximum absolute atomic E-state index is 12.1. The third-order valence-corrected chi connectivity index (χ3v) is 2.80. The fourth-order valence-corrected chi connectivity index (χ4v) is 1.94. The number of rotatable bonds is 3. The molecule has 1 aliphatic heterocycles. The Morgan fingerprint density at radius 3 is 2.75 bits per heavy atom. The summed E-state index contributed by atoms with van der Waals surface area (Å²) in [6.45, 7) is 1.57. The number of hydrogen-bond donors (Lipinski definition) is 1. The molecule has 1 amide bonds. The Labute approximate surface area is 112 Å². The van der Waals surface area contributed by atoms with E-state index >= 15 is 0 Å². The molecular weight excluding hydrogens is 268 g/mol. The van der Waals surface area contributed by atoms with Crippen molar-refractivity contribution in [3.8, 4) is 0 Å². The van der Waals surface area contributed by atoms with E-state index in [-0.39, 0.29) is 17.9 Å². The van der Waals surface area contributed by atoms with E-state index in [0.29, 0.717) is 0 Å². The van der Waals surface area contributed by atoms with Crippen molar-refractivity contribution in [3.05, 3.63) is 33.9 Å². The van der Waals surface area contributed by atoms with E-state index in [1.807, 2.05) is 0 Å². The summed E-state index contributed by atoms with van der Waals surface area (Å²) in [7, 11) is 0. The molecule has 8 heteroatoms. The first kappa shape index (κ1) is 13.7. The number of amides is 1. The molecule has 0 aromatic heterocycles. The number of hydrogen-bond acceptors (Lipinski definition) is 6. The highest BCUT2D eigenvalue weighted by atomic mass is 16.6. The number of nitro benzene ring substituents is 1. The first-order valence-electron chi connectivity index (χ1n) is 5.76. The number of carbonyl (C=O) groups is 3. The van der Waals surface area contributed by atoms with Crippen molar-refractivity contribution >= 4 is 29.0 Å². The van der Waals surface area contributed by atoms with Crippen LogP contribution in [0.2, 0.25) is 0 Å². The molecule has 0 spiro atoms. The van der Waals surface area contributed by atoms with E-state index in [0.717, 1.165) is 6.07 Å². The van der Waals surface area contributed by atoms with Crippen LogP contribution in [0.15, 0.2) is 18.2 Å². The van der Waals surface area contributed by atoms with Gasteiger partial charge in [0.25, 0.3) is 5.69 Å². The molecule has 1 aliphatic rings. The lowest BCUT2D eigenvalue weighted by Crippen LogP contribution is -2.41. The van der Waals surface area contributed by atoms with Crippen LogP contribution in [0.3, 0.4) is 0 Å². The number of nitrogens with zero attached hydrogens (tertiary/aromatic N) is 1. The average Bonchev–Trinajstić information content (AvgIpc) is 2.38. The van der Waals surface area contributed by atoms with Gasteiger partial charge in [-0.15, -0.1) is 0 Å². The van der Waals surface area contributed by atoms with E-state index in [4.69, 9.17) is 0 Å². The number of carbonyl (C=O) groups excluding carboxylic acids is 3. The van der Waals surface area contributed by atoms with Gasteiger partial charge in [0.05, 0.1) is 11.5 Å². The van der Waals surface area contributed by atoms with Crippen molar-refractivity contribution < 1.29 is 24.0 Å². The second-order valence-corrected chi connectivity index (χ2v) is 4.00. The minimum atomic E-state index is -1.62. The van der Waals surface area contributed by atoms with Crippen LogP contribution in [-0.2, 0) is 14.3 Å². The molecule has 1 unspecified atom stereocenters. The average molecular weight is 278 g/mol. The summed E-state index contributed by atoms with van der Waals surface area (Å²) >= 11 is 0. The van der Waals surface area contributed by atoms with Crippen molar-refractivity contribution in [3.63, 3.8) is 0 Å². The second-order valence-electron chi connectivity index (χ2n) is 4.00. The Bertz CT molecular complexity index is 624. The second kappa shape index (κ2) is 5.08. The zero-order chi connectivity index (χ0) is 14.9. The summed E-state index contributed by atoms with van der Waals surface area (Å²) in [5, 5.41) is 13.1. The van der Waals surface area contributed by atoms with Gasteiger partial charge in [-0.25, -0.2) is 0 Å². The van der Waals surface area contributed by atoms with Gasteiger partial charge in [-0.3, -0.25) is 24.5 Å². The summed E-state index contributed by atoms with van der Waals surface area (Å²) in [5.74, 6) is -4.31. The van der Waals surface area contributed by atoms with Gasteiger partial charge < -0.3 is 10.1 Å². The Kier molecular flexibility index (Phi) is 3.47. The lowest BCUT2D eigenvalue weighted by molar-refractivity contribution is -0.384. The first-order valence-corrected chi connectivity index (χ1v) is 5.76. The van der Waals surface area contributed by atoms with Crippen molar-refractivity contribution in [1.29, 1.82) is 0 Å². The number of ketones is 1. The first-order chi connectivity index (χ1) is 9.47. The van der Waals surface area contributed by atoms with Crippen LogP contribution in [-0.4, -0.2) is 29.2 Å². The maximum Gasteiger partial charge on any atom is 0.326 e. The number of anilines is 1. The highest BCUT2D eigenvalue weighted by molar-refractivity contribution is 6.30. The fourth-order valence-electron chi connectivity index (χ4n) is 1.94. The van der Waals surface area contributed by atoms with Crippen molar-refractivity contribution in [2.24, 2.45) is 5.92 Å². The number of para-hydroxylation sites is 1. The third kappa shape index (κ3) is 2.11.